The van der Waals surface area contributed by atoms with E-state index in [1.54, 1.807) is 0 Å². The molecule has 0 aliphatic carbocycles. The van der Waals surface area contributed by atoms with Gasteiger partial charge in [-0.15, -0.1) is 0 Å². The second-order valence-corrected chi connectivity index (χ2v) is 1.73. The van der Waals surface area contributed by atoms with Crippen molar-refractivity contribution in [3.8, 4) is 0 Å². The van der Waals surface area contributed by atoms with E-state index >= 15 is 0 Å². The Morgan fingerprint density at radius 1 is 0.667 bits per heavy atom. The predicted octanol–water partition coefficient (Wildman–Crippen LogP) is 1.08. The van der Waals surface area contributed by atoms with Crippen LogP contribution in [0.5, 0.6) is 0 Å². The molecule has 0 nitrogen and oxygen atoms in total. The summed E-state index contributed by atoms with van der Waals surface area (Å²) in [7, 11) is 4.72. The molecule has 0 bridgehead atoms. The standard InChI is InChI=1S/C4H8B2/c1-2-6-4-3-5-1/h1-4H2. The summed E-state index contributed by atoms with van der Waals surface area (Å²) in [6.07, 6.45) is 5.28. The van der Waals surface area contributed by atoms with Gasteiger partial charge in [0.15, 0.2) is 0 Å². The Kier molecular flexibility index (Phi) is 1.67. The zero-order valence-corrected chi connectivity index (χ0v) is 3.98. The van der Waals surface area contributed by atoms with Crippen LogP contribution < -0.4 is 0 Å². The lowest BCUT2D eigenvalue weighted by atomic mass is 9.49. The molecule has 0 N–H and O–H groups in total. The highest BCUT2D eigenvalue weighted by Crippen LogP contribution is 2.04. The lowest BCUT2D eigenvalue weighted by molar-refractivity contribution is 1.25. The maximum Gasteiger partial charge on any atom is 0.107 e. The van der Waals surface area contributed by atoms with E-state index in [1.807, 2.05) is 0 Å². The Bertz CT molecular complexity index is 21.0. The Morgan fingerprint density at radius 2 is 1.00 bits per heavy atom. The molecule has 1 fully saturated rings. The lowest BCUT2D eigenvalue weighted by Crippen LogP contribution is -2.01. The maximum atomic E-state index is 2.36. The van der Waals surface area contributed by atoms with Crippen molar-refractivity contribution < 1.29 is 0 Å². The van der Waals surface area contributed by atoms with Gasteiger partial charge in [0.05, 0.1) is 0 Å². The zero-order valence-electron chi connectivity index (χ0n) is 3.98. The minimum Gasteiger partial charge on any atom is -0.0872 e. The van der Waals surface area contributed by atoms with Crippen molar-refractivity contribution in [3.63, 3.8) is 0 Å². The van der Waals surface area contributed by atoms with Crippen LogP contribution in [0.3, 0.4) is 0 Å². The van der Waals surface area contributed by atoms with E-state index in [1.165, 1.54) is 25.3 Å². The van der Waals surface area contributed by atoms with Crippen molar-refractivity contribution >= 4 is 14.6 Å². The number of hydrogen-bond donors (Lipinski definition) is 0. The molecule has 1 aliphatic heterocycles. The summed E-state index contributed by atoms with van der Waals surface area (Å²) in [4.78, 5) is 0. The normalized spacial score (nSPS) is 21.3. The van der Waals surface area contributed by atoms with E-state index < -0.39 is 0 Å². The Morgan fingerprint density at radius 3 is 1.17 bits per heavy atom. The molecule has 2 radical (unpaired) electrons. The van der Waals surface area contributed by atoms with E-state index in [4.69, 9.17) is 0 Å². The summed E-state index contributed by atoms with van der Waals surface area (Å²) in [5.41, 5.74) is 0. The summed E-state index contributed by atoms with van der Waals surface area (Å²) in [5, 5.41) is 0. The maximum absolute atomic E-state index is 2.36. The smallest absolute Gasteiger partial charge is 0.0872 e. The van der Waals surface area contributed by atoms with Gasteiger partial charge in [-0.2, -0.15) is 0 Å². The van der Waals surface area contributed by atoms with Crippen molar-refractivity contribution in [2.45, 2.75) is 25.3 Å². The molecule has 0 amide bonds. The molecule has 1 heterocycles. The average Bonchev–Trinajstić information content (AvgIpc) is 1.72. The first-order valence-electron chi connectivity index (χ1n) is 2.63. The van der Waals surface area contributed by atoms with Gasteiger partial charge in [-0.05, 0) is 0 Å². The average molecular weight is 77.7 g/mol. The largest absolute Gasteiger partial charge is 0.107 e. The summed E-state index contributed by atoms with van der Waals surface area (Å²) in [6.45, 7) is 0. The topological polar surface area (TPSA) is 0 Å². The van der Waals surface area contributed by atoms with Crippen molar-refractivity contribution in [3.05, 3.63) is 0 Å². The summed E-state index contributed by atoms with van der Waals surface area (Å²) >= 11 is 0. The van der Waals surface area contributed by atoms with Crippen LogP contribution in [0, 0.1) is 0 Å². The second kappa shape index (κ2) is 2.33. The SMILES string of the molecule is [B]1CC[B]CC1. The van der Waals surface area contributed by atoms with E-state index in [0.29, 0.717) is 0 Å². The molecule has 2 heteroatoms. The monoisotopic (exact) mass is 78.1 g/mol. The van der Waals surface area contributed by atoms with Crippen molar-refractivity contribution in [2.75, 3.05) is 0 Å². The van der Waals surface area contributed by atoms with Gasteiger partial charge >= 0.3 is 0 Å². The van der Waals surface area contributed by atoms with Gasteiger partial charge < -0.3 is 0 Å². The minimum absolute atomic E-state index is 1.32. The van der Waals surface area contributed by atoms with Crippen LogP contribution in [0.2, 0.25) is 25.3 Å². The molecule has 1 saturated heterocycles. The van der Waals surface area contributed by atoms with Crippen molar-refractivity contribution in [2.24, 2.45) is 0 Å². The summed E-state index contributed by atoms with van der Waals surface area (Å²) in [6, 6.07) is 0. The molecule has 0 aromatic rings. The van der Waals surface area contributed by atoms with E-state index in [2.05, 4.69) is 14.6 Å². The molecule has 0 unspecified atom stereocenters. The molecule has 0 saturated carbocycles. The first kappa shape index (κ1) is 4.29. The highest BCUT2D eigenvalue weighted by molar-refractivity contribution is 6.48. The molecule has 0 aromatic carbocycles. The number of hydrogen-bond acceptors (Lipinski definition) is 0. The predicted molar refractivity (Wildman–Crippen MR) is 30.7 cm³/mol. The first-order valence-corrected chi connectivity index (χ1v) is 2.63. The Balaban J connectivity index is 2.00. The summed E-state index contributed by atoms with van der Waals surface area (Å²) < 4.78 is 0. The van der Waals surface area contributed by atoms with E-state index in [9.17, 15) is 0 Å². The van der Waals surface area contributed by atoms with Crippen LogP contribution in [0.25, 0.3) is 0 Å². The van der Waals surface area contributed by atoms with Crippen LogP contribution in [0.1, 0.15) is 0 Å². The quantitative estimate of drug-likeness (QED) is 0.380. The van der Waals surface area contributed by atoms with Gasteiger partial charge in [0.1, 0.15) is 14.6 Å². The second-order valence-electron chi connectivity index (χ2n) is 1.73. The molecule has 30 valence electrons. The fourth-order valence-corrected chi connectivity index (χ4v) is 0.760. The third-order valence-corrected chi connectivity index (χ3v) is 1.15. The van der Waals surface area contributed by atoms with Gasteiger partial charge in [0.2, 0.25) is 0 Å². The highest BCUT2D eigenvalue weighted by Gasteiger charge is 1.98. The Hall–Kier alpha value is 0.130. The molecule has 0 atom stereocenters. The fourth-order valence-electron chi connectivity index (χ4n) is 0.760. The third kappa shape index (κ3) is 1.08. The molecular formula is C4H8B2. The van der Waals surface area contributed by atoms with Crippen LogP contribution in [-0.4, -0.2) is 14.6 Å². The minimum atomic E-state index is 1.32. The molecule has 1 aliphatic rings. The van der Waals surface area contributed by atoms with Crippen molar-refractivity contribution in [1.29, 1.82) is 0 Å². The Labute approximate surface area is 40.8 Å². The molecule has 1 rings (SSSR count). The van der Waals surface area contributed by atoms with Crippen molar-refractivity contribution in [1.82, 2.24) is 0 Å². The number of rotatable bonds is 0. The molecule has 0 aromatic heterocycles. The molecule has 6 heavy (non-hydrogen) atoms. The lowest BCUT2D eigenvalue weighted by Gasteiger charge is -2.02. The van der Waals surface area contributed by atoms with Crippen LogP contribution in [-0.2, 0) is 0 Å². The fraction of sp³-hybridized carbons (Fsp3) is 1.00. The van der Waals surface area contributed by atoms with Crippen LogP contribution >= 0.6 is 0 Å². The first-order chi connectivity index (χ1) is 3.00. The van der Waals surface area contributed by atoms with Crippen LogP contribution in [0.4, 0.5) is 0 Å². The summed E-state index contributed by atoms with van der Waals surface area (Å²) in [5.74, 6) is 0. The van der Waals surface area contributed by atoms with Gasteiger partial charge in [0, 0.05) is 0 Å². The van der Waals surface area contributed by atoms with Gasteiger partial charge in [-0.25, -0.2) is 0 Å². The van der Waals surface area contributed by atoms with Gasteiger partial charge in [-0.3, -0.25) is 0 Å². The van der Waals surface area contributed by atoms with E-state index in [-0.39, 0.29) is 0 Å². The molecular weight excluding hydrogens is 69.7 g/mol. The molecule has 0 spiro atoms. The van der Waals surface area contributed by atoms with Gasteiger partial charge in [-0.1, -0.05) is 25.3 Å². The van der Waals surface area contributed by atoms with Crippen LogP contribution in [0.15, 0.2) is 0 Å². The third-order valence-electron chi connectivity index (χ3n) is 1.15. The van der Waals surface area contributed by atoms with E-state index in [0.717, 1.165) is 0 Å². The zero-order chi connectivity index (χ0) is 4.24. The van der Waals surface area contributed by atoms with Gasteiger partial charge in [0.25, 0.3) is 0 Å². The highest BCUT2D eigenvalue weighted by atomic mass is 13.7.